The van der Waals surface area contributed by atoms with Crippen LogP contribution in [0.2, 0.25) is 0 Å². The molecule has 3 rings (SSSR count). The van der Waals surface area contributed by atoms with Crippen molar-refractivity contribution in [2.45, 2.75) is 26.7 Å². The lowest BCUT2D eigenvalue weighted by molar-refractivity contribution is -0.116. The van der Waals surface area contributed by atoms with E-state index < -0.39 is 5.56 Å². The van der Waals surface area contributed by atoms with Crippen molar-refractivity contribution < 1.29 is 14.3 Å². The molecule has 0 saturated heterocycles. The third kappa shape index (κ3) is 3.99. The van der Waals surface area contributed by atoms with Gasteiger partial charge in [0.25, 0.3) is 5.56 Å². The number of fused-ring (bicyclic) bond motifs is 1. The summed E-state index contributed by atoms with van der Waals surface area (Å²) in [6.07, 6.45) is 0.561. The van der Waals surface area contributed by atoms with Gasteiger partial charge in [-0.25, -0.2) is 0 Å². The minimum Gasteiger partial charge on any atom is -0.454 e. The number of carbonyl (C=O) groups excluding carboxylic acids is 1. The second-order valence-corrected chi connectivity index (χ2v) is 6.01. The van der Waals surface area contributed by atoms with E-state index in [0.717, 1.165) is 5.56 Å². The fourth-order valence-electron chi connectivity index (χ4n) is 2.94. The van der Waals surface area contributed by atoms with Crippen LogP contribution < -0.4 is 26.1 Å². The summed E-state index contributed by atoms with van der Waals surface area (Å²) in [6.45, 7) is 3.58. The molecule has 1 aliphatic rings. The minimum atomic E-state index is -0.413. The van der Waals surface area contributed by atoms with E-state index in [2.05, 4.69) is 10.3 Å². The Morgan fingerprint density at radius 3 is 2.67 bits per heavy atom. The minimum absolute atomic E-state index is 0. The molecule has 1 aromatic carbocycles. The number of aromatic nitrogens is 1. The highest BCUT2D eigenvalue weighted by molar-refractivity contribution is 5.94. The number of halogens is 1. The van der Waals surface area contributed by atoms with Crippen molar-refractivity contribution >= 4 is 29.7 Å². The van der Waals surface area contributed by atoms with Gasteiger partial charge >= 0.3 is 0 Å². The molecule has 1 aromatic heterocycles. The number of hydrogen-bond acceptors (Lipinski definition) is 6. The molecule has 27 heavy (non-hydrogen) atoms. The van der Waals surface area contributed by atoms with Gasteiger partial charge in [0.2, 0.25) is 12.7 Å². The van der Waals surface area contributed by atoms with Crippen molar-refractivity contribution in [3.63, 3.8) is 0 Å². The van der Waals surface area contributed by atoms with Gasteiger partial charge in [-0.1, -0.05) is 0 Å². The molecule has 4 N–H and O–H groups in total. The lowest BCUT2D eigenvalue weighted by Gasteiger charge is -2.12. The van der Waals surface area contributed by atoms with Gasteiger partial charge in [-0.2, -0.15) is 5.26 Å². The maximum Gasteiger partial charge on any atom is 0.266 e. The molecule has 0 unspecified atom stereocenters. The number of nitriles is 1. The highest BCUT2D eigenvalue weighted by Crippen LogP contribution is 2.38. The molecule has 1 aliphatic heterocycles. The van der Waals surface area contributed by atoms with Gasteiger partial charge in [0.15, 0.2) is 11.5 Å². The number of nitrogens with one attached hydrogen (secondary N) is 2. The molecule has 0 bridgehead atoms. The zero-order chi connectivity index (χ0) is 18.8. The molecule has 9 heteroatoms. The van der Waals surface area contributed by atoms with Crippen LogP contribution in [0.1, 0.15) is 28.8 Å². The van der Waals surface area contributed by atoms with Crippen LogP contribution >= 0.6 is 12.4 Å². The van der Waals surface area contributed by atoms with E-state index in [1.54, 1.807) is 26.0 Å². The highest BCUT2D eigenvalue weighted by atomic mass is 35.5. The lowest BCUT2D eigenvalue weighted by Crippen LogP contribution is -2.18. The standard InChI is InChI=1S/C18H18N4O4.ClH/c1-9-11(10(2)21-18(24)12(9)7-19)3-4-17(23)22-14-6-16-15(5-13(14)20)25-8-26-16;/h5-6H,3-4,8,20H2,1-2H3,(H,21,24)(H,22,23);1H. The molecular formula is C18H19ClN4O4. The van der Waals surface area contributed by atoms with E-state index in [1.807, 2.05) is 6.07 Å². The molecular weight excluding hydrogens is 372 g/mol. The second-order valence-electron chi connectivity index (χ2n) is 6.01. The number of nitrogens with zero attached hydrogens (tertiary/aromatic N) is 1. The fourth-order valence-corrected chi connectivity index (χ4v) is 2.94. The van der Waals surface area contributed by atoms with E-state index in [9.17, 15) is 9.59 Å². The first-order chi connectivity index (χ1) is 12.4. The molecule has 0 spiro atoms. The predicted molar refractivity (Wildman–Crippen MR) is 102 cm³/mol. The van der Waals surface area contributed by atoms with Crippen LogP contribution in [0.3, 0.4) is 0 Å². The van der Waals surface area contributed by atoms with Crippen LogP contribution in [-0.4, -0.2) is 17.7 Å². The first-order valence-electron chi connectivity index (χ1n) is 8.02. The summed E-state index contributed by atoms with van der Waals surface area (Å²) < 4.78 is 10.5. The van der Waals surface area contributed by atoms with Gasteiger partial charge < -0.3 is 25.5 Å². The molecule has 0 fully saturated rings. The Hall–Kier alpha value is -3.18. The third-order valence-electron chi connectivity index (χ3n) is 4.34. The Kier molecular flexibility index (Phi) is 5.98. The Balaban J connectivity index is 0.00000261. The van der Waals surface area contributed by atoms with Gasteiger partial charge in [-0.05, 0) is 31.4 Å². The number of benzene rings is 1. The highest BCUT2D eigenvalue weighted by Gasteiger charge is 2.18. The number of hydrogen-bond donors (Lipinski definition) is 3. The number of ether oxygens (including phenoxy) is 2. The maximum atomic E-state index is 12.3. The monoisotopic (exact) mass is 390 g/mol. The number of pyridine rings is 1. The molecule has 0 atom stereocenters. The molecule has 2 aromatic rings. The summed E-state index contributed by atoms with van der Waals surface area (Å²) in [5.74, 6) is 0.837. The van der Waals surface area contributed by atoms with E-state index in [-0.39, 0.29) is 37.1 Å². The summed E-state index contributed by atoms with van der Waals surface area (Å²) in [5.41, 5.74) is 8.46. The summed E-state index contributed by atoms with van der Waals surface area (Å²) in [5, 5.41) is 11.9. The second kappa shape index (κ2) is 8.01. The Morgan fingerprint density at radius 1 is 1.33 bits per heavy atom. The van der Waals surface area contributed by atoms with E-state index in [0.29, 0.717) is 40.6 Å². The summed E-state index contributed by atoms with van der Waals surface area (Å²) in [6, 6.07) is 5.13. The van der Waals surface area contributed by atoms with Gasteiger partial charge in [0, 0.05) is 24.2 Å². The fraction of sp³-hybridized carbons (Fsp3) is 0.278. The Morgan fingerprint density at radius 2 is 2.00 bits per heavy atom. The number of anilines is 2. The van der Waals surface area contributed by atoms with Crippen molar-refractivity contribution in [3.8, 4) is 17.6 Å². The van der Waals surface area contributed by atoms with Crippen LogP contribution in [-0.2, 0) is 11.2 Å². The smallest absolute Gasteiger partial charge is 0.266 e. The van der Waals surface area contributed by atoms with E-state index in [4.69, 9.17) is 20.5 Å². The third-order valence-corrected chi connectivity index (χ3v) is 4.34. The summed E-state index contributed by atoms with van der Waals surface area (Å²) in [4.78, 5) is 26.7. The maximum absolute atomic E-state index is 12.3. The van der Waals surface area contributed by atoms with E-state index >= 15 is 0 Å². The van der Waals surface area contributed by atoms with Gasteiger partial charge in [0.1, 0.15) is 11.6 Å². The number of aromatic amines is 1. The zero-order valence-electron chi connectivity index (χ0n) is 14.8. The molecule has 2 heterocycles. The first-order valence-corrected chi connectivity index (χ1v) is 8.02. The molecule has 142 valence electrons. The predicted octanol–water partition coefficient (Wildman–Crippen LogP) is 2.17. The van der Waals surface area contributed by atoms with Crippen LogP contribution in [0.5, 0.6) is 11.5 Å². The summed E-state index contributed by atoms with van der Waals surface area (Å²) in [7, 11) is 0. The van der Waals surface area contributed by atoms with Crippen molar-refractivity contribution in [2.75, 3.05) is 17.8 Å². The molecule has 8 nitrogen and oxygen atoms in total. The van der Waals surface area contributed by atoms with Crippen molar-refractivity contribution in [2.24, 2.45) is 0 Å². The van der Waals surface area contributed by atoms with Crippen molar-refractivity contribution in [1.82, 2.24) is 4.98 Å². The van der Waals surface area contributed by atoms with Gasteiger partial charge in [-0.3, -0.25) is 9.59 Å². The molecule has 0 radical (unpaired) electrons. The average Bonchev–Trinajstić information content (AvgIpc) is 3.02. The van der Waals surface area contributed by atoms with Gasteiger partial charge in [-0.15, -0.1) is 12.4 Å². The van der Waals surface area contributed by atoms with E-state index in [1.165, 1.54) is 0 Å². The largest absolute Gasteiger partial charge is 0.454 e. The first kappa shape index (κ1) is 20.1. The number of nitrogens with two attached hydrogens (primary N) is 1. The molecule has 0 aliphatic carbocycles. The lowest BCUT2D eigenvalue weighted by atomic mass is 9.99. The van der Waals surface area contributed by atoms with Gasteiger partial charge in [0.05, 0.1) is 11.4 Å². The molecule has 0 saturated carbocycles. The zero-order valence-corrected chi connectivity index (χ0v) is 15.7. The van der Waals surface area contributed by atoms with Crippen molar-refractivity contribution in [1.29, 1.82) is 5.26 Å². The van der Waals surface area contributed by atoms with Crippen LogP contribution in [0.4, 0.5) is 11.4 Å². The van der Waals surface area contributed by atoms with Crippen molar-refractivity contribution in [3.05, 3.63) is 44.9 Å². The number of H-pyrrole nitrogens is 1. The number of nitrogen functional groups attached to an aromatic ring is 1. The average molecular weight is 391 g/mol. The van der Waals surface area contributed by atoms with Crippen LogP contribution in [0.25, 0.3) is 0 Å². The Bertz CT molecular complexity index is 994. The number of rotatable bonds is 4. The number of carbonyl (C=O) groups is 1. The SMILES string of the molecule is Cc1[nH]c(=O)c(C#N)c(C)c1CCC(=O)Nc1cc2c(cc1N)OCO2.Cl. The topological polar surface area (TPSA) is 130 Å². The quantitative estimate of drug-likeness (QED) is 0.686. The number of aryl methyl sites for hydroxylation is 1. The Labute approximate surface area is 161 Å². The summed E-state index contributed by atoms with van der Waals surface area (Å²) >= 11 is 0. The van der Waals surface area contributed by atoms with Crippen LogP contribution in [0, 0.1) is 25.2 Å². The number of amides is 1. The normalized spacial score (nSPS) is 11.4. The van der Waals surface area contributed by atoms with Crippen LogP contribution in [0.15, 0.2) is 16.9 Å². The molecule has 1 amide bonds.